The summed E-state index contributed by atoms with van der Waals surface area (Å²) in [4.78, 5) is 21.8. The maximum Gasteiger partial charge on any atom is 0.284 e. The van der Waals surface area contributed by atoms with E-state index in [2.05, 4.69) is 10.2 Å². The van der Waals surface area contributed by atoms with Gasteiger partial charge in [-0.05, 0) is 23.4 Å². The molecule has 0 atom stereocenters. The van der Waals surface area contributed by atoms with E-state index in [1.165, 1.54) is 12.1 Å². The third kappa shape index (κ3) is 3.72. The second-order valence-electron chi connectivity index (χ2n) is 5.45. The van der Waals surface area contributed by atoms with Gasteiger partial charge in [-0.1, -0.05) is 36.4 Å². The average molecular weight is 369 g/mol. The van der Waals surface area contributed by atoms with Gasteiger partial charge in [-0.3, -0.25) is 10.1 Å². The van der Waals surface area contributed by atoms with Crippen LogP contribution in [-0.4, -0.2) is 25.7 Å². The number of carboxylic acids is 1. The Morgan fingerprint density at radius 1 is 1.19 bits per heavy atom. The number of nitro benzene ring substituents is 1. The van der Waals surface area contributed by atoms with Gasteiger partial charge < -0.3 is 14.5 Å². The minimum absolute atomic E-state index is 0.246. The van der Waals surface area contributed by atoms with Crippen LogP contribution in [0.5, 0.6) is 0 Å². The van der Waals surface area contributed by atoms with Crippen LogP contribution in [0.2, 0.25) is 0 Å². The Labute approximate surface area is 152 Å². The second-order valence-corrected chi connectivity index (χ2v) is 6.46. The molecule has 0 saturated carbocycles. The van der Waals surface area contributed by atoms with E-state index in [-0.39, 0.29) is 16.1 Å². The van der Waals surface area contributed by atoms with E-state index in [0.29, 0.717) is 17.4 Å². The molecule has 9 heteroatoms. The molecule has 0 bridgehead atoms. The molecule has 0 amide bonds. The van der Waals surface area contributed by atoms with Crippen LogP contribution >= 0.6 is 11.8 Å². The predicted molar refractivity (Wildman–Crippen MR) is 91.8 cm³/mol. The standard InChI is InChI=1S/C17H14N4O4S/c1-20-15(9-11-5-3-2-4-6-11)18-19-17(20)26-14-8-7-12(16(22)23)10-13(14)21(24)25/h2-8,10H,9H2,1H3,(H,22,23)/p-1. The van der Waals surface area contributed by atoms with Crippen molar-refractivity contribution in [3.05, 3.63) is 75.6 Å². The van der Waals surface area contributed by atoms with Gasteiger partial charge in [0.1, 0.15) is 5.82 Å². The van der Waals surface area contributed by atoms with Crippen LogP contribution < -0.4 is 5.11 Å². The van der Waals surface area contributed by atoms with Gasteiger partial charge in [0.25, 0.3) is 5.69 Å². The zero-order valence-electron chi connectivity index (χ0n) is 13.7. The fourth-order valence-electron chi connectivity index (χ4n) is 2.34. The Morgan fingerprint density at radius 3 is 2.58 bits per heavy atom. The summed E-state index contributed by atoms with van der Waals surface area (Å²) in [6.07, 6.45) is 0.580. The summed E-state index contributed by atoms with van der Waals surface area (Å²) >= 11 is 1.06. The summed E-state index contributed by atoms with van der Waals surface area (Å²) in [5, 5.41) is 30.9. The number of benzene rings is 2. The monoisotopic (exact) mass is 369 g/mol. The van der Waals surface area contributed by atoms with Crippen LogP contribution in [0.3, 0.4) is 0 Å². The average Bonchev–Trinajstić information content (AvgIpc) is 2.96. The lowest BCUT2D eigenvalue weighted by Crippen LogP contribution is -2.22. The number of aromatic nitrogens is 3. The van der Waals surface area contributed by atoms with E-state index in [9.17, 15) is 20.0 Å². The zero-order chi connectivity index (χ0) is 18.7. The van der Waals surface area contributed by atoms with Crippen molar-refractivity contribution in [2.75, 3.05) is 0 Å². The molecule has 8 nitrogen and oxygen atoms in total. The second kappa shape index (κ2) is 7.36. The first-order chi connectivity index (χ1) is 12.5. The molecular formula is C17H13N4O4S-. The fourth-order valence-corrected chi connectivity index (χ4v) is 3.23. The molecular weight excluding hydrogens is 356 g/mol. The minimum Gasteiger partial charge on any atom is -0.545 e. The van der Waals surface area contributed by atoms with Crippen molar-refractivity contribution in [1.29, 1.82) is 0 Å². The van der Waals surface area contributed by atoms with Crippen LogP contribution in [0.4, 0.5) is 5.69 Å². The Morgan fingerprint density at radius 2 is 1.92 bits per heavy atom. The summed E-state index contributed by atoms with van der Waals surface area (Å²) < 4.78 is 1.76. The van der Waals surface area contributed by atoms with Crippen molar-refractivity contribution >= 4 is 23.4 Å². The highest BCUT2D eigenvalue weighted by Gasteiger charge is 2.19. The first-order valence-electron chi connectivity index (χ1n) is 7.55. The molecule has 26 heavy (non-hydrogen) atoms. The normalized spacial score (nSPS) is 10.7. The largest absolute Gasteiger partial charge is 0.545 e. The van der Waals surface area contributed by atoms with Gasteiger partial charge in [0.2, 0.25) is 0 Å². The Kier molecular flexibility index (Phi) is 4.99. The minimum atomic E-state index is -1.46. The molecule has 0 aliphatic carbocycles. The van der Waals surface area contributed by atoms with Crippen molar-refractivity contribution in [2.45, 2.75) is 16.5 Å². The molecule has 0 aliphatic rings. The molecule has 0 aliphatic heterocycles. The number of hydrogen-bond donors (Lipinski definition) is 0. The highest BCUT2D eigenvalue weighted by molar-refractivity contribution is 7.99. The van der Waals surface area contributed by atoms with Gasteiger partial charge in [0, 0.05) is 25.1 Å². The number of hydrogen-bond acceptors (Lipinski definition) is 7. The third-order valence-electron chi connectivity index (χ3n) is 3.72. The third-order valence-corrected chi connectivity index (χ3v) is 4.83. The summed E-state index contributed by atoms with van der Waals surface area (Å²) in [6, 6.07) is 13.4. The lowest BCUT2D eigenvalue weighted by atomic mass is 10.1. The highest BCUT2D eigenvalue weighted by atomic mass is 32.2. The number of rotatable bonds is 6. The quantitative estimate of drug-likeness (QED) is 0.481. The molecule has 0 radical (unpaired) electrons. The molecule has 1 heterocycles. The fraction of sp³-hybridized carbons (Fsp3) is 0.118. The zero-order valence-corrected chi connectivity index (χ0v) is 14.5. The van der Waals surface area contributed by atoms with E-state index in [1.807, 2.05) is 30.3 Å². The molecule has 3 rings (SSSR count). The number of carbonyl (C=O) groups excluding carboxylic acids is 1. The summed E-state index contributed by atoms with van der Waals surface area (Å²) in [5.74, 6) is -0.749. The van der Waals surface area contributed by atoms with Crippen molar-refractivity contribution in [2.24, 2.45) is 7.05 Å². The first kappa shape index (κ1) is 17.6. The van der Waals surface area contributed by atoms with Crippen LogP contribution in [0.15, 0.2) is 58.6 Å². The van der Waals surface area contributed by atoms with E-state index < -0.39 is 10.9 Å². The number of carboxylic acid groups (broad SMARTS) is 1. The van der Waals surface area contributed by atoms with Crippen LogP contribution in [0.1, 0.15) is 21.7 Å². The van der Waals surface area contributed by atoms with E-state index in [1.54, 1.807) is 11.6 Å². The van der Waals surface area contributed by atoms with Gasteiger partial charge in [0.05, 0.1) is 15.8 Å². The summed E-state index contributed by atoms with van der Waals surface area (Å²) in [7, 11) is 1.78. The number of nitrogens with zero attached hydrogens (tertiary/aromatic N) is 4. The molecule has 132 valence electrons. The molecule has 0 spiro atoms. The van der Waals surface area contributed by atoms with Crippen molar-refractivity contribution in [3.8, 4) is 0 Å². The first-order valence-corrected chi connectivity index (χ1v) is 8.37. The van der Waals surface area contributed by atoms with E-state index >= 15 is 0 Å². The van der Waals surface area contributed by atoms with Crippen LogP contribution in [-0.2, 0) is 13.5 Å². The van der Waals surface area contributed by atoms with Crippen molar-refractivity contribution in [3.63, 3.8) is 0 Å². The molecule has 0 fully saturated rings. The topological polar surface area (TPSA) is 114 Å². The van der Waals surface area contributed by atoms with Crippen molar-refractivity contribution in [1.82, 2.24) is 14.8 Å². The Hall–Kier alpha value is -3.20. The van der Waals surface area contributed by atoms with Gasteiger partial charge in [-0.25, -0.2) is 0 Å². The SMILES string of the molecule is Cn1c(Cc2ccccc2)nnc1Sc1ccc(C(=O)[O-])cc1[N+](=O)[O-]. The smallest absolute Gasteiger partial charge is 0.284 e. The molecule has 2 aromatic carbocycles. The number of aromatic carboxylic acids is 1. The molecule has 3 aromatic rings. The maximum absolute atomic E-state index is 11.3. The molecule has 1 aromatic heterocycles. The number of nitro groups is 1. The van der Waals surface area contributed by atoms with Gasteiger partial charge in [0.15, 0.2) is 5.16 Å². The lowest BCUT2D eigenvalue weighted by molar-refractivity contribution is -0.387. The molecule has 0 N–H and O–H groups in total. The van der Waals surface area contributed by atoms with Gasteiger partial charge >= 0.3 is 0 Å². The molecule has 0 saturated heterocycles. The summed E-state index contributed by atoms with van der Waals surface area (Å²) in [5.41, 5.74) is 0.511. The predicted octanol–water partition coefficient (Wildman–Crippen LogP) is 1.83. The van der Waals surface area contributed by atoms with Crippen LogP contribution in [0, 0.1) is 10.1 Å². The lowest BCUT2D eigenvalue weighted by Gasteiger charge is -2.07. The Balaban J connectivity index is 1.88. The van der Waals surface area contributed by atoms with E-state index in [0.717, 1.165) is 23.4 Å². The maximum atomic E-state index is 11.3. The Bertz CT molecular complexity index is 972. The van der Waals surface area contributed by atoms with Crippen LogP contribution in [0.25, 0.3) is 0 Å². The van der Waals surface area contributed by atoms with E-state index in [4.69, 9.17) is 0 Å². The van der Waals surface area contributed by atoms with Gasteiger partial charge in [-0.2, -0.15) is 0 Å². The number of carbonyl (C=O) groups is 1. The highest BCUT2D eigenvalue weighted by Crippen LogP contribution is 2.34. The van der Waals surface area contributed by atoms with Gasteiger partial charge in [-0.15, -0.1) is 10.2 Å². The molecule has 0 unspecified atom stereocenters. The summed E-state index contributed by atoms with van der Waals surface area (Å²) in [6.45, 7) is 0. The van der Waals surface area contributed by atoms with Crippen molar-refractivity contribution < 1.29 is 14.8 Å².